The lowest BCUT2D eigenvalue weighted by Gasteiger charge is -2.08. The van der Waals surface area contributed by atoms with E-state index in [1.54, 1.807) is 36.0 Å². The van der Waals surface area contributed by atoms with Crippen molar-refractivity contribution in [3.63, 3.8) is 0 Å². The van der Waals surface area contributed by atoms with E-state index in [0.29, 0.717) is 29.0 Å². The number of benzene rings is 2. The highest BCUT2D eigenvalue weighted by Gasteiger charge is 2.12. The van der Waals surface area contributed by atoms with E-state index in [0.717, 1.165) is 36.3 Å². The minimum atomic E-state index is -0.415. The van der Waals surface area contributed by atoms with Gasteiger partial charge in [0, 0.05) is 11.3 Å². The molecule has 2 aromatic carbocycles. The van der Waals surface area contributed by atoms with Crippen LogP contribution < -0.4 is 9.47 Å². The zero-order chi connectivity index (χ0) is 27.5. The standard InChI is InChI=1S/C32H42N2O4S/c1-3-5-7-9-10-11-12-13-14-24-36-28-20-18-27(19-21-28)31(35)37-29-22-16-26(17-23-29)30-33-34-32(38-30)39-25-15-8-6-4-2/h3,16-23H,1,4-15,24-25H2,2H3. The van der Waals surface area contributed by atoms with E-state index in [2.05, 4.69) is 23.7 Å². The number of allylic oxidation sites excluding steroid dienone is 1. The first-order valence-electron chi connectivity index (χ1n) is 14.3. The average Bonchev–Trinajstić information content (AvgIpc) is 3.43. The summed E-state index contributed by atoms with van der Waals surface area (Å²) in [5.41, 5.74) is 1.26. The van der Waals surface area contributed by atoms with Gasteiger partial charge < -0.3 is 13.9 Å². The number of thioether (sulfide) groups is 1. The summed E-state index contributed by atoms with van der Waals surface area (Å²) in [5.74, 6) is 2.23. The molecule has 0 amide bonds. The Kier molecular flexibility index (Phi) is 14.3. The van der Waals surface area contributed by atoms with E-state index in [1.165, 1.54) is 57.8 Å². The first-order chi connectivity index (χ1) is 19.2. The molecular weight excluding hydrogens is 508 g/mol. The largest absolute Gasteiger partial charge is 0.494 e. The van der Waals surface area contributed by atoms with E-state index in [4.69, 9.17) is 13.9 Å². The highest BCUT2D eigenvalue weighted by Crippen LogP contribution is 2.26. The molecule has 0 fully saturated rings. The number of hydrogen-bond donors (Lipinski definition) is 0. The van der Waals surface area contributed by atoms with Crippen LogP contribution in [0.5, 0.6) is 11.5 Å². The maximum Gasteiger partial charge on any atom is 0.343 e. The van der Waals surface area contributed by atoms with Crippen molar-refractivity contribution in [1.82, 2.24) is 10.2 Å². The van der Waals surface area contributed by atoms with E-state index >= 15 is 0 Å². The molecule has 6 nitrogen and oxygen atoms in total. The van der Waals surface area contributed by atoms with Crippen LogP contribution in [0, 0.1) is 0 Å². The molecule has 0 saturated carbocycles. The monoisotopic (exact) mass is 550 g/mol. The van der Waals surface area contributed by atoms with Gasteiger partial charge >= 0.3 is 5.97 Å². The maximum absolute atomic E-state index is 12.6. The van der Waals surface area contributed by atoms with Gasteiger partial charge in [0.15, 0.2) is 0 Å². The smallest absolute Gasteiger partial charge is 0.343 e. The third kappa shape index (κ3) is 11.7. The number of carbonyl (C=O) groups excluding carboxylic acids is 1. The van der Waals surface area contributed by atoms with Gasteiger partial charge in [-0.05, 0) is 74.2 Å². The van der Waals surface area contributed by atoms with Crippen molar-refractivity contribution >= 4 is 17.7 Å². The molecule has 210 valence electrons. The number of nitrogens with zero attached hydrogens (tertiary/aromatic N) is 2. The van der Waals surface area contributed by atoms with Crippen LogP contribution in [0.4, 0.5) is 0 Å². The summed E-state index contributed by atoms with van der Waals surface area (Å²) in [4.78, 5) is 12.6. The molecule has 0 spiro atoms. The maximum atomic E-state index is 12.6. The first-order valence-corrected chi connectivity index (χ1v) is 15.3. The van der Waals surface area contributed by atoms with Crippen LogP contribution in [0.15, 0.2) is 70.8 Å². The number of hydrogen-bond acceptors (Lipinski definition) is 7. The Morgan fingerprint density at radius 1 is 0.846 bits per heavy atom. The fourth-order valence-electron chi connectivity index (χ4n) is 4.06. The van der Waals surface area contributed by atoms with Crippen molar-refractivity contribution in [3.8, 4) is 23.0 Å². The molecule has 1 aromatic heterocycles. The predicted octanol–water partition coefficient (Wildman–Crippen LogP) is 9.31. The average molecular weight is 551 g/mol. The molecule has 39 heavy (non-hydrogen) atoms. The summed E-state index contributed by atoms with van der Waals surface area (Å²) in [6.45, 7) is 6.65. The molecule has 0 bridgehead atoms. The minimum Gasteiger partial charge on any atom is -0.494 e. The summed E-state index contributed by atoms with van der Waals surface area (Å²) in [5, 5.41) is 8.84. The Morgan fingerprint density at radius 3 is 2.23 bits per heavy atom. The molecular formula is C32H42N2O4S. The zero-order valence-electron chi connectivity index (χ0n) is 23.2. The van der Waals surface area contributed by atoms with Crippen molar-refractivity contribution in [2.75, 3.05) is 12.4 Å². The number of esters is 1. The summed E-state index contributed by atoms with van der Waals surface area (Å²) in [6, 6.07) is 14.2. The van der Waals surface area contributed by atoms with Gasteiger partial charge in [0.1, 0.15) is 11.5 Å². The normalized spacial score (nSPS) is 10.9. The predicted molar refractivity (Wildman–Crippen MR) is 159 cm³/mol. The molecule has 0 aliphatic carbocycles. The van der Waals surface area contributed by atoms with E-state index in [1.807, 2.05) is 30.3 Å². The number of aromatic nitrogens is 2. The van der Waals surface area contributed by atoms with Gasteiger partial charge in [-0.2, -0.15) is 0 Å². The molecule has 0 saturated heterocycles. The topological polar surface area (TPSA) is 74.5 Å². The fourth-order valence-corrected chi connectivity index (χ4v) is 4.82. The minimum absolute atomic E-state index is 0.415. The zero-order valence-corrected chi connectivity index (χ0v) is 24.1. The Bertz CT molecular complexity index is 1100. The lowest BCUT2D eigenvalue weighted by molar-refractivity contribution is 0.0734. The van der Waals surface area contributed by atoms with Crippen molar-refractivity contribution in [3.05, 3.63) is 66.7 Å². The molecule has 0 unspecified atom stereocenters. The van der Waals surface area contributed by atoms with Gasteiger partial charge in [-0.3, -0.25) is 0 Å². The quantitative estimate of drug-likeness (QED) is 0.0456. The Morgan fingerprint density at radius 2 is 1.51 bits per heavy atom. The number of carbonyl (C=O) groups is 1. The van der Waals surface area contributed by atoms with Crippen LogP contribution in [0.2, 0.25) is 0 Å². The molecule has 0 N–H and O–H groups in total. The van der Waals surface area contributed by atoms with Crippen molar-refractivity contribution < 1.29 is 18.7 Å². The van der Waals surface area contributed by atoms with Gasteiger partial charge in [-0.25, -0.2) is 4.79 Å². The van der Waals surface area contributed by atoms with Crippen molar-refractivity contribution in [2.24, 2.45) is 0 Å². The fraction of sp³-hybridized carbons (Fsp3) is 0.469. The lowest BCUT2D eigenvalue weighted by atomic mass is 10.1. The summed E-state index contributed by atoms with van der Waals surface area (Å²) >= 11 is 1.59. The molecule has 3 rings (SSSR count). The molecule has 7 heteroatoms. The number of rotatable bonds is 20. The second-order valence-corrected chi connectivity index (χ2v) is 10.7. The van der Waals surface area contributed by atoms with Crippen LogP contribution in [0.3, 0.4) is 0 Å². The van der Waals surface area contributed by atoms with Crippen LogP contribution >= 0.6 is 11.8 Å². The second kappa shape index (κ2) is 18.3. The van der Waals surface area contributed by atoms with Crippen LogP contribution in [-0.2, 0) is 0 Å². The van der Waals surface area contributed by atoms with Gasteiger partial charge in [-0.15, -0.1) is 16.8 Å². The third-order valence-corrected chi connectivity index (χ3v) is 7.26. The van der Waals surface area contributed by atoms with E-state index in [9.17, 15) is 4.79 Å². The van der Waals surface area contributed by atoms with Crippen LogP contribution in [-0.4, -0.2) is 28.5 Å². The SMILES string of the molecule is C=CCCCCCCCCCOc1ccc(C(=O)Oc2ccc(-c3nnc(SCCCCCC)o3)cc2)cc1. The molecule has 3 aromatic rings. The van der Waals surface area contributed by atoms with Crippen molar-refractivity contribution in [1.29, 1.82) is 0 Å². The lowest BCUT2D eigenvalue weighted by Crippen LogP contribution is -2.08. The summed E-state index contributed by atoms with van der Waals surface area (Å²) in [7, 11) is 0. The van der Waals surface area contributed by atoms with E-state index in [-0.39, 0.29) is 0 Å². The van der Waals surface area contributed by atoms with Crippen molar-refractivity contribution in [2.45, 2.75) is 89.2 Å². The highest BCUT2D eigenvalue weighted by atomic mass is 32.2. The van der Waals surface area contributed by atoms with Crippen LogP contribution in [0.25, 0.3) is 11.5 Å². The molecule has 0 atom stereocenters. The van der Waals surface area contributed by atoms with Crippen LogP contribution in [0.1, 0.15) is 94.3 Å². The number of unbranched alkanes of at least 4 members (excludes halogenated alkanes) is 10. The van der Waals surface area contributed by atoms with Gasteiger partial charge in [-0.1, -0.05) is 76.1 Å². The van der Waals surface area contributed by atoms with E-state index < -0.39 is 5.97 Å². The van der Waals surface area contributed by atoms with Gasteiger partial charge in [0.2, 0.25) is 5.89 Å². The Labute approximate surface area is 237 Å². The Hall–Kier alpha value is -3.06. The first kappa shape index (κ1) is 30.5. The third-order valence-electron chi connectivity index (χ3n) is 6.35. The van der Waals surface area contributed by atoms with Gasteiger partial charge in [0.25, 0.3) is 5.22 Å². The molecule has 1 heterocycles. The second-order valence-electron chi connectivity index (χ2n) is 9.62. The number of ether oxygens (including phenoxy) is 2. The Balaban J connectivity index is 1.35. The summed E-state index contributed by atoms with van der Waals surface area (Å²) in [6.07, 6.45) is 16.6. The molecule has 0 aliphatic rings. The summed E-state index contributed by atoms with van der Waals surface area (Å²) < 4.78 is 17.1. The van der Waals surface area contributed by atoms with Gasteiger partial charge in [0.05, 0.1) is 12.2 Å². The highest BCUT2D eigenvalue weighted by molar-refractivity contribution is 7.99. The molecule has 0 radical (unpaired) electrons. The molecule has 0 aliphatic heterocycles.